The highest BCUT2D eigenvalue weighted by Gasteiger charge is 2.28. The van der Waals surface area contributed by atoms with Gasteiger partial charge < -0.3 is 19.5 Å². The number of likely N-dealkylation sites (N-methyl/N-ethyl adjacent to an activating group) is 1. The molecular weight excluding hydrogens is 274 g/mol. The number of likely N-dealkylation sites (tertiary alicyclic amines) is 1. The highest BCUT2D eigenvalue weighted by molar-refractivity contribution is 5.95. The third-order valence-corrected chi connectivity index (χ3v) is 3.87. The molecule has 2 aromatic rings. The van der Waals surface area contributed by atoms with Crippen LogP contribution >= 0.6 is 0 Å². The van der Waals surface area contributed by atoms with E-state index in [0.717, 1.165) is 19.5 Å². The van der Waals surface area contributed by atoms with E-state index in [4.69, 9.17) is 5.11 Å². The molecule has 1 aliphatic heterocycles. The highest BCUT2D eigenvalue weighted by Crippen LogP contribution is 2.28. The first-order valence-corrected chi connectivity index (χ1v) is 6.64. The summed E-state index contributed by atoms with van der Waals surface area (Å²) in [7, 11) is 2.00. The van der Waals surface area contributed by atoms with Crippen molar-refractivity contribution >= 4 is 17.5 Å². The fourth-order valence-electron chi connectivity index (χ4n) is 2.83. The first kappa shape index (κ1) is 13.6. The summed E-state index contributed by atoms with van der Waals surface area (Å²) in [4.78, 5) is 28.8. The number of carbonyl (C=O) groups is 2. The van der Waals surface area contributed by atoms with Crippen molar-refractivity contribution in [3.8, 4) is 0 Å². The Bertz CT molecular complexity index is 737. The number of imidazole rings is 1. The molecule has 0 saturated carbocycles. The summed E-state index contributed by atoms with van der Waals surface area (Å²) in [5.74, 6) is -1.42. The topological polar surface area (TPSA) is 95.1 Å². The summed E-state index contributed by atoms with van der Waals surface area (Å²) >= 11 is 0. The quantitative estimate of drug-likeness (QED) is 0.880. The van der Waals surface area contributed by atoms with Crippen molar-refractivity contribution in [2.75, 3.05) is 20.1 Å². The molecule has 110 valence electrons. The Morgan fingerprint density at radius 3 is 2.62 bits per heavy atom. The van der Waals surface area contributed by atoms with E-state index in [-0.39, 0.29) is 17.2 Å². The number of hydrogen-bond acceptors (Lipinski definition) is 4. The zero-order chi connectivity index (χ0) is 15.1. The van der Waals surface area contributed by atoms with Crippen molar-refractivity contribution in [1.82, 2.24) is 14.3 Å². The Labute approximate surface area is 120 Å². The van der Waals surface area contributed by atoms with E-state index in [9.17, 15) is 14.7 Å². The molecular formula is C14H15N3O4. The molecule has 0 spiro atoms. The number of nitrogens with zero attached hydrogens (tertiary/aromatic N) is 3. The Balaban J connectivity index is 2.19. The average molecular weight is 289 g/mol. The van der Waals surface area contributed by atoms with Gasteiger partial charge in [-0.25, -0.2) is 14.6 Å². The summed E-state index contributed by atoms with van der Waals surface area (Å²) in [6.07, 6.45) is 2.33. The first-order chi connectivity index (χ1) is 9.97. The van der Waals surface area contributed by atoms with Gasteiger partial charge in [-0.05, 0) is 32.1 Å². The third kappa shape index (κ3) is 2.25. The second-order valence-corrected chi connectivity index (χ2v) is 5.35. The van der Waals surface area contributed by atoms with Gasteiger partial charge in [-0.1, -0.05) is 0 Å². The number of aromatic carboxylic acids is 2. The molecule has 0 radical (unpaired) electrons. The highest BCUT2D eigenvalue weighted by atomic mass is 16.4. The standard InChI is InChI=1S/C14H15N3O4/c1-16-5-4-8(6-16)12-15-11(14(20)21)10-3-2-9(13(18)19)7-17(10)12/h2-3,7-8H,4-6H2,1H3,(H,18,19)(H,20,21). The van der Waals surface area contributed by atoms with Crippen molar-refractivity contribution < 1.29 is 19.8 Å². The molecule has 1 unspecified atom stereocenters. The van der Waals surface area contributed by atoms with Gasteiger partial charge in [-0.3, -0.25) is 0 Å². The van der Waals surface area contributed by atoms with Crippen LogP contribution in [0.15, 0.2) is 18.3 Å². The van der Waals surface area contributed by atoms with Gasteiger partial charge in [0.2, 0.25) is 0 Å². The number of carboxylic acid groups (broad SMARTS) is 2. The summed E-state index contributed by atoms with van der Waals surface area (Å²) in [6.45, 7) is 1.70. The second kappa shape index (κ2) is 4.85. The lowest BCUT2D eigenvalue weighted by molar-refractivity contribution is 0.0684. The number of hydrogen-bond donors (Lipinski definition) is 2. The van der Waals surface area contributed by atoms with E-state index in [0.29, 0.717) is 11.3 Å². The Kier molecular flexibility index (Phi) is 3.13. The largest absolute Gasteiger partial charge is 0.478 e. The fourth-order valence-corrected chi connectivity index (χ4v) is 2.83. The van der Waals surface area contributed by atoms with Crippen molar-refractivity contribution in [3.63, 3.8) is 0 Å². The number of aromatic nitrogens is 2. The van der Waals surface area contributed by atoms with Crippen LogP contribution in [-0.4, -0.2) is 56.6 Å². The molecule has 21 heavy (non-hydrogen) atoms. The average Bonchev–Trinajstić information content (AvgIpc) is 3.01. The molecule has 3 rings (SSSR count). The third-order valence-electron chi connectivity index (χ3n) is 3.87. The van der Waals surface area contributed by atoms with Crippen LogP contribution in [0.4, 0.5) is 0 Å². The monoisotopic (exact) mass is 289 g/mol. The smallest absolute Gasteiger partial charge is 0.356 e. The van der Waals surface area contributed by atoms with Gasteiger partial charge in [-0.2, -0.15) is 0 Å². The van der Waals surface area contributed by atoms with Gasteiger partial charge in [0.15, 0.2) is 5.69 Å². The number of fused-ring (bicyclic) bond motifs is 1. The zero-order valence-electron chi connectivity index (χ0n) is 11.5. The van der Waals surface area contributed by atoms with Crippen molar-refractivity contribution in [2.24, 2.45) is 0 Å². The lowest BCUT2D eigenvalue weighted by atomic mass is 10.1. The lowest BCUT2D eigenvalue weighted by Gasteiger charge is -2.09. The van der Waals surface area contributed by atoms with Crippen molar-refractivity contribution in [3.05, 3.63) is 35.4 Å². The fraction of sp³-hybridized carbons (Fsp3) is 0.357. The van der Waals surface area contributed by atoms with E-state index in [1.165, 1.54) is 18.3 Å². The van der Waals surface area contributed by atoms with Gasteiger partial charge in [0.05, 0.1) is 11.1 Å². The predicted octanol–water partition coefficient (Wildman–Crippen LogP) is 1.15. The zero-order valence-corrected chi connectivity index (χ0v) is 11.5. The SMILES string of the molecule is CN1CCC(c2nc(C(=O)O)c3ccc(C(=O)O)cn23)C1. The van der Waals surface area contributed by atoms with E-state index in [2.05, 4.69) is 9.88 Å². The Morgan fingerprint density at radius 1 is 1.29 bits per heavy atom. The van der Waals surface area contributed by atoms with Crippen molar-refractivity contribution in [2.45, 2.75) is 12.3 Å². The van der Waals surface area contributed by atoms with Crippen LogP contribution in [0.25, 0.3) is 5.52 Å². The minimum atomic E-state index is -1.10. The summed E-state index contributed by atoms with van der Waals surface area (Å²) in [5.41, 5.74) is 0.512. The molecule has 1 saturated heterocycles. The second-order valence-electron chi connectivity index (χ2n) is 5.35. The maximum absolute atomic E-state index is 11.3. The lowest BCUT2D eigenvalue weighted by Crippen LogP contribution is -2.14. The van der Waals surface area contributed by atoms with E-state index in [1.54, 1.807) is 4.40 Å². The van der Waals surface area contributed by atoms with Gasteiger partial charge in [0.1, 0.15) is 5.82 Å². The van der Waals surface area contributed by atoms with Crippen LogP contribution in [0.3, 0.4) is 0 Å². The van der Waals surface area contributed by atoms with E-state index < -0.39 is 11.9 Å². The van der Waals surface area contributed by atoms with E-state index >= 15 is 0 Å². The Morgan fingerprint density at radius 2 is 2.05 bits per heavy atom. The van der Waals surface area contributed by atoms with Crippen LogP contribution in [0.5, 0.6) is 0 Å². The first-order valence-electron chi connectivity index (χ1n) is 6.64. The summed E-state index contributed by atoms with van der Waals surface area (Å²) in [6, 6.07) is 2.90. The van der Waals surface area contributed by atoms with Gasteiger partial charge >= 0.3 is 11.9 Å². The van der Waals surface area contributed by atoms with Gasteiger partial charge in [0, 0.05) is 18.7 Å². The predicted molar refractivity (Wildman–Crippen MR) is 74.0 cm³/mol. The molecule has 0 bridgehead atoms. The molecule has 1 aliphatic rings. The molecule has 0 aromatic carbocycles. The molecule has 1 fully saturated rings. The van der Waals surface area contributed by atoms with Crippen LogP contribution in [0.1, 0.15) is 39.0 Å². The minimum absolute atomic E-state index is 0.0310. The minimum Gasteiger partial charge on any atom is -0.478 e. The molecule has 2 N–H and O–H groups in total. The summed E-state index contributed by atoms with van der Waals surface area (Å²) in [5, 5.41) is 18.4. The molecule has 0 aliphatic carbocycles. The van der Waals surface area contributed by atoms with Gasteiger partial charge in [-0.15, -0.1) is 0 Å². The maximum Gasteiger partial charge on any atom is 0.356 e. The number of rotatable bonds is 3. The Hall–Kier alpha value is -2.41. The number of carboxylic acids is 2. The normalized spacial score (nSPS) is 19.2. The molecule has 2 aromatic heterocycles. The summed E-state index contributed by atoms with van der Waals surface area (Å²) < 4.78 is 1.61. The molecule has 7 nitrogen and oxygen atoms in total. The maximum atomic E-state index is 11.3. The molecule has 1 atom stereocenters. The van der Waals surface area contributed by atoms with Crippen molar-refractivity contribution in [1.29, 1.82) is 0 Å². The van der Waals surface area contributed by atoms with Crippen LogP contribution < -0.4 is 0 Å². The molecule has 3 heterocycles. The van der Waals surface area contributed by atoms with Gasteiger partial charge in [0.25, 0.3) is 0 Å². The number of pyridine rings is 1. The van der Waals surface area contributed by atoms with E-state index in [1.807, 2.05) is 7.05 Å². The van der Waals surface area contributed by atoms with Crippen LogP contribution in [0, 0.1) is 0 Å². The van der Waals surface area contributed by atoms with Crippen LogP contribution in [0.2, 0.25) is 0 Å². The van der Waals surface area contributed by atoms with Crippen LogP contribution in [-0.2, 0) is 0 Å². The molecule has 0 amide bonds. The molecule has 7 heteroatoms.